The van der Waals surface area contributed by atoms with Crippen LogP contribution in [0.3, 0.4) is 0 Å². The van der Waals surface area contributed by atoms with Gasteiger partial charge in [0.05, 0.1) is 0 Å². The number of halogens is 5. The monoisotopic (exact) mass is 317 g/mol. The van der Waals surface area contributed by atoms with Crippen LogP contribution in [0.15, 0.2) is 30.3 Å². The third kappa shape index (κ3) is 2.62. The van der Waals surface area contributed by atoms with E-state index in [2.05, 4.69) is 9.68 Å². The Labute approximate surface area is 121 Å². The van der Waals surface area contributed by atoms with Crippen LogP contribution in [0.2, 0.25) is 0 Å². The molecule has 3 nitrogen and oxygen atoms in total. The SMILES string of the molecule is Fc1cc2c(c(ONOC(F)(F)F)c1F)Cc1ccccc1-2. The highest BCUT2D eigenvalue weighted by molar-refractivity contribution is 5.79. The number of rotatable bonds is 3. The lowest BCUT2D eigenvalue weighted by atomic mass is 10.1. The van der Waals surface area contributed by atoms with E-state index >= 15 is 0 Å². The van der Waals surface area contributed by atoms with Crippen molar-refractivity contribution < 1.29 is 31.6 Å². The Morgan fingerprint density at radius 2 is 1.77 bits per heavy atom. The lowest BCUT2D eigenvalue weighted by molar-refractivity contribution is -0.381. The average Bonchev–Trinajstić information content (AvgIpc) is 2.80. The largest absolute Gasteiger partial charge is 0.541 e. The maximum atomic E-state index is 13.8. The second-order valence-corrected chi connectivity index (χ2v) is 4.59. The van der Waals surface area contributed by atoms with Gasteiger partial charge in [-0.2, -0.15) is 9.23 Å². The molecule has 3 rings (SSSR count). The van der Waals surface area contributed by atoms with E-state index in [-0.39, 0.29) is 12.0 Å². The van der Waals surface area contributed by atoms with Crippen LogP contribution >= 0.6 is 0 Å². The fourth-order valence-corrected chi connectivity index (χ4v) is 2.40. The molecule has 0 bridgehead atoms. The average molecular weight is 317 g/mol. The fraction of sp³-hybridized carbons (Fsp3) is 0.143. The zero-order valence-corrected chi connectivity index (χ0v) is 10.8. The molecule has 0 spiro atoms. The van der Waals surface area contributed by atoms with Crippen LogP contribution < -0.4 is 10.5 Å². The van der Waals surface area contributed by atoms with Crippen molar-refractivity contribution in [2.45, 2.75) is 12.8 Å². The van der Waals surface area contributed by atoms with Gasteiger partial charge in [0.2, 0.25) is 5.82 Å². The zero-order valence-electron chi connectivity index (χ0n) is 10.8. The summed E-state index contributed by atoms with van der Waals surface area (Å²) in [5, 5.41) is 0. The summed E-state index contributed by atoms with van der Waals surface area (Å²) in [6.07, 6.45) is -4.80. The molecule has 0 amide bonds. The van der Waals surface area contributed by atoms with Crippen LogP contribution in [-0.2, 0) is 11.3 Å². The molecule has 1 aliphatic carbocycles. The maximum absolute atomic E-state index is 13.8. The molecule has 22 heavy (non-hydrogen) atoms. The molecule has 2 aromatic carbocycles. The van der Waals surface area contributed by atoms with Gasteiger partial charge in [-0.1, -0.05) is 24.3 Å². The first-order chi connectivity index (χ1) is 10.4. The molecule has 0 unspecified atom stereocenters. The van der Waals surface area contributed by atoms with Gasteiger partial charge in [-0.15, -0.1) is 13.2 Å². The van der Waals surface area contributed by atoms with Crippen molar-refractivity contribution in [3.8, 4) is 16.9 Å². The Morgan fingerprint density at radius 1 is 1.05 bits per heavy atom. The standard InChI is InChI=1S/C14H8F5NO2/c15-11-6-9-8-4-2-1-3-7(8)5-10(9)13(12(11)16)21-20-22-14(17,18)19/h1-4,6,20H,5H2. The molecule has 0 saturated carbocycles. The molecule has 0 atom stereocenters. The van der Waals surface area contributed by atoms with E-state index in [4.69, 9.17) is 0 Å². The fourth-order valence-electron chi connectivity index (χ4n) is 2.40. The maximum Gasteiger partial charge on any atom is 0.541 e. The Bertz CT molecular complexity index is 730. The van der Waals surface area contributed by atoms with Crippen LogP contribution in [0, 0.1) is 11.6 Å². The third-order valence-electron chi connectivity index (χ3n) is 3.26. The highest BCUT2D eigenvalue weighted by atomic mass is 19.4. The summed E-state index contributed by atoms with van der Waals surface area (Å²) in [6.45, 7) is 0. The van der Waals surface area contributed by atoms with Gasteiger partial charge in [0.25, 0.3) is 0 Å². The highest BCUT2D eigenvalue weighted by Gasteiger charge is 2.32. The Balaban J connectivity index is 1.96. The molecule has 0 radical (unpaired) electrons. The molecule has 8 heteroatoms. The molecule has 1 aliphatic rings. The summed E-state index contributed by atoms with van der Waals surface area (Å²) in [6, 6.07) is 7.94. The number of hydrogen-bond donors (Lipinski definition) is 1. The van der Waals surface area contributed by atoms with E-state index in [0.29, 0.717) is 11.1 Å². The van der Waals surface area contributed by atoms with Gasteiger partial charge in [-0.25, -0.2) is 4.39 Å². The van der Waals surface area contributed by atoms with Crippen molar-refractivity contribution in [3.63, 3.8) is 0 Å². The smallest absolute Gasteiger partial charge is 0.379 e. The first-order valence-electron chi connectivity index (χ1n) is 6.12. The topological polar surface area (TPSA) is 30.5 Å². The van der Waals surface area contributed by atoms with E-state index in [1.54, 1.807) is 24.3 Å². The number of hydrogen-bond acceptors (Lipinski definition) is 3. The lowest BCUT2D eigenvalue weighted by Gasteiger charge is -2.13. The minimum atomic E-state index is -5.02. The predicted molar refractivity (Wildman–Crippen MR) is 65.5 cm³/mol. The summed E-state index contributed by atoms with van der Waals surface area (Å²) < 4.78 is 63.2. The van der Waals surface area contributed by atoms with Crippen molar-refractivity contribution in [2.24, 2.45) is 0 Å². The molecular formula is C14H8F5NO2. The minimum absolute atomic E-state index is 0.214. The van der Waals surface area contributed by atoms with Crippen LogP contribution in [0.5, 0.6) is 5.75 Å². The van der Waals surface area contributed by atoms with E-state index in [1.165, 1.54) is 0 Å². The first kappa shape index (κ1) is 14.7. The van der Waals surface area contributed by atoms with Crippen LogP contribution in [0.25, 0.3) is 11.1 Å². The van der Waals surface area contributed by atoms with Crippen molar-refractivity contribution >= 4 is 0 Å². The Morgan fingerprint density at radius 3 is 2.50 bits per heavy atom. The zero-order chi connectivity index (χ0) is 15.9. The summed E-state index contributed by atoms with van der Waals surface area (Å²) in [5.41, 5.74) is 3.23. The van der Waals surface area contributed by atoms with Gasteiger partial charge >= 0.3 is 6.36 Å². The van der Waals surface area contributed by atoms with Crippen molar-refractivity contribution in [1.82, 2.24) is 5.64 Å². The van der Waals surface area contributed by atoms with E-state index in [9.17, 15) is 22.0 Å². The van der Waals surface area contributed by atoms with Crippen LogP contribution in [0.1, 0.15) is 11.1 Å². The molecule has 0 fully saturated rings. The third-order valence-corrected chi connectivity index (χ3v) is 3.26. The van der Waals surface area contributed by atoms with E-state index in [1.807, 2.05) is 0 Å². The van der Waals surface area contributed by atoms with Crippen molar-refractivity contribution in [1.29, 1.82) is 0 Å². The van der Waals surface area contributed by atoms with Gasteiger partial charge in [-0.05, 0) is 28.4 Å². The number of nitrogens with one attached hydrogen (secondary N) is 1. The molecule has 0 aromatic heterocycles. The summed E-state index contributed by atoms with van der Waals surface area (Å²) in [5.74, 6) is -3.26. The van der Waals surface area contributed by atoms with Gasteiger partial charge in [0.1, 0.15) is 0 Å². The quantitative estimate of drug-likeness (QED) is 0.587. The summed E-state index contributed by atoms with van der Waals surface area (Å²) in [7, 11) is 0. The second kappa shape index (κ2) is 5.22. The van der Waals surface area contributed by atoms with Gasteiger partial charge < -0.3 is 4.84 Å². The van der Waals surface area contributed by atoms with Gasteiger partial charge in [-0.3, -0.25) is 0 Å². The molecule has 2 aromatic rings. The van der Waals surface area contributed by atoms with Gasteiger partial charge in [0.15, 0.2) is 11.6 Å². The normalized spacial score (nSPS) is 13.0. The Kier molecular flexibility index (Phi) is 3.50. The lowest BCUT2D eigenvalue weighted by Crippen LogP contribution is -2.29. The number of alkyl halides is 3. The Hall–Kier alpha value is -2.19. The van der Waals surface area contributed by atoms with E-state index in [0.717, 1.165) is 17.3 Å². The molecule has 0 aliphatic heterocycles. The number of fused-ring (bicyclic) bond motifs is 3. The molecule has 116 valence electrons. The molecule has 0 saturated heterocycles. The molecule has 1 N–H and O–H groups in total. The van der Waals surface area contributed by atoms with Crippen molar-refractivity contribution in [2.75, 3.05) is 0 Å². The number of benzene rings is 2. The minimum Gasteiger partial charge on any atom is -0.379 e. The first-order valence-corrected chi connectivity index (χ1v) is 6.12. The highest BCUT2D eigenvalue weighted by Crippen LogP contribution is 2.43. The van der Waals surface area contributed by atoms with Crippen molar-refractivity contribution in [3.05, 3.63) is 53.1 Å². The molecule has 0 heterocycles. The summed E-state index contributed by atoms with van der Waals surface area (Å²) >= 11 is 0. The van der Waals surface area contributed by atoms with Gasteiger partial charge in [0, 0.05) is 12.0 Å². The summed E-state index contributed by atoms with van der Waals surface area (Å²) in [4.78, 5) is 7.66. The molecular weight excluding hydrogens is 309 g/mol. The predicted octanol–water partition coefficient (Wildman–Crippen LogP) is 3.87. The van der Waals surface area contributed by atoms with Crippen LogP contribution in [-0.4, -0.2) is 6.36 Å². The van der Waals surface area contributed by atoms with E-state index < -0.39 is 23.7 Å². The van der Waals surface area contributed by atoms with Crippen LogP contribution in [0.4, 0.5) is 22.0 Å². The second-order valence-electron chi connectivity index (χ2n) is 4.59.